The molecule has 0 amide bonds. The average Bonchev–Trinajstić information content (AvgIpc) is 2.29. The number of hydrogen-bond donors (Lipinski definition) is 2. The molecule has 92 valence electrons. The van der Waals surface area contributed by atoms with E-state index < -0.39 is 0 Å². The van der Waals surface area contributed by atoms with Crippen molar-refractivity contribution in [1.29, 1.82) is 0 Å². The van der Waals surface area contributed by atoms with Gasteiger partial charge in [0.15, 0.2) is 0 Å². The van der Waals surface area contributed by atoms with Gasteiger partial charge in [-0.1, -0.05) is 12.1 Å². The van der Waals surface area contributed by atoms with Crippen molar-refractivity contribution in [3.8, 4) is 5.75 Å². The molecule has 0 fully saturated rings. The third-order valence-electron chi connectivity index (χ3n) is 1.79. The van der Waals surface area contributed by atoms with Crippen LogP contribution in [0.15, 0.2) is 34.5 Å². The van der Waals surface area contributed by atoms with Gasteiger partial charge in [-0.15, -0.1) is 5.10 Å². The van der Waals surface area contributed by atoms with Crippen LogP contribution in [0.5, 0.6) is 5.75 Å². The highest BCUT2D eigenvalue weighted by Crippen LogP contribution is 2.11. The summed E-state index contributed by atoms with van der Waals surface area (Å²) >= 11 is 0. The van der Waals surface area contributed by atoms with Crippen molar-refractivity contribution in [2.45, 2.75) is 0 Å². The van der Waals surface area contributed by atoms with Gasteiger partial charge in [0.2, 0.25) is 5.96 Å². The highest BCUT2D eigenvalue weighted by Gasteiger charge is 1.94. The third-order valence-corrected chi connectivity index (χ3v) is 1.79. The Balaban J connectivity index is 2.59. The van der Waals surface area contributed by atoms with Gasteiger partial charge in [-0.25, -0.2) is 0 Å². The highest BCUT2D eigenvalue weighted by molar-refractivity contribution is 5.81. The van der Waals surface area contributed by atoms with Crippen molar-refractivity contribution in [1.82, 2.24) is 0 Å². The predicted molar refractivity (Wildman–Crippen MR) is 67.2 cm³/mol. The summed E-state index contributed by atoms with van der Waals surface area (Å²) < 4.78 is 10.3. The van der Waals surface area contributed by atoms with Crippen LogP contribution in [0, 0.1) is 0 Å². The van der Waals surface area contributed by atoms with Crippen LogP contribution >= 0.6 is 0 Å². The van der Waals surface area contributed by atoms with Crippen LogP contribution in [-0.2, 0) is 4.74 Å². The third kappa shape index (κ3) is 5.53. The maximum absolute atomic E-state index is 5.44. The minimum Gasteiger partial charge on any atom is -0.491 e. The van der Waals surface area contributed by atoms with Crippen molar-refractivity contribution < 1.29 is 9.47 Å². The second-order valence-corrected chi connectivity index (χ2v) is 3.18. The summed E-state index contributed by atoms with van der Waals surface area (Å²) in [5, 5.41) is 7.22. The highest BCUT2D eigenvalue weighted by atomic mass is 16.5. The Kier molecular flexibility index (Phi) is 5.53. The second-order valence-electron chi connectivity index (χ2n) is 3.18. The first-order valence-electron chi connectivity index (χ1n) is 5.06. The van der Waals surface area contributed by atoms with Gasteiger partial charge < -0.3 is 20.9 Å². The van der Waals surface area contributed by atoms with Crippen LogP contribution in [-0.4, -0.2) is 32.5 Å². The molecule has 0 radical (unpaired) electrons. The summed E-state index contributed by atoms with van der Waals surface area (Å²) in [6, 6.07) is 7.42. The largest absolute Gasteiger partial charge is 0.491 e. The van der Waals surface area contributed by atoms with E-state index in [0.717, 1.165) is 11.3 Å². The Hall–Kier alpha value is -2.08. The van der Waals surface area contributed by atoms with Gasteiger partial charge >= 0.3 is 0 Å². The minimum absolute atomic E-state index is 0.0752. The molecule has 0 aliphatic rings. The van der Waals surface area contributed by atoms with Gasteiger partial charge in [0.25, 0.3) is 0 Å². The zero-order valence-corrected chi connectivity index (χ0v) is 9.67. The molecule has 4 N–H and O–H groups in total. The SMILES string of the molecule is COCCOc1cccc(C=NN=C(N)N)c1. The maximum atomic E-state index is 5.44. The fourth-order valence-corrected chi connectivity index (χ4v) is 1.09. The molecule has 0 atom stereocenters. The van der Waals surface area contributed by atoms with E-state index in [-0.39, 0.29) is 5.96 Å². The molecule has 1 aromatic carbocycles. The van der Waals surface area contributed by atoms with Gasteiger partial charge in [0.1, 0.15) is 12.4 Å². The van der Waals surface area contributed by atoms with E-state index in [1.807, 2.05) is 24.3 Å². The Morgan fingerprint density at radius 2 is 2.18 bits per heavy atom. The van der Waals surface area contributed by atoms with Crippen molar-refractivity contribution in [2.24, 2.45) is 21.7 Å². The lowest BCUT2D eigenvalue weighted by molar-refractivity contribution is 0.146. The van der Waals surface area contributed by atoms with E-state index in [4.69, 9.17) is 20.9 Å². The zero-order valence-electron chi connectivity index (χ0n) is 9.67. The van der Waals surface area contributed by atoms with Gasteiger partial charge in [-0.05, 0) is 17.7 Å². The topological polar surface area (TPSA) is 95.2 Å². The van der Waals surface area contributed by atoms with Gasteiger partial charge in [-0.2, -0.15) is 5.10 Å². The van der Waals surface area contributed by atoms with Crippen LogP contribution < -0.4 is 16.2 Å². The molecular weight excluding hydrogens is 220 g/mol. The number of rotatable bonds is 6. The number of ether oxygens (including phenoxy) is 2. The lowest BCUT2D eigenvalue weighted by atomic mass is 10.2. The molecule has 0 bridgehead atoms. The molecule has 0 saturated heterocycles. The molecule has 6 nitrogen and oxygen atoms in total. The van der Waals surface area contributed by atoms with E-state index in [2.05, 4.69) is 10.2 Å². The van der Waals surface area contributed by atoms with E-state index >= 15 is 0 Å². The molecule has 0 aliphatic carbocycles. The van der Waals surface area contributed by atoms with Gasteiger partial charge in [0, 0.05) is 7.11 Å². The summed E-state index contributed by atoms with van der Waals surface area (Å²) in [7, 11) is 1.63. The Morgan fingerprint density at radius 3 is 2.88 bits per heavy atom. The molecule has 0 spiro atoms. The number of methoxy groups -OCH3 is 1. The van der Waals surface area contributed by atoms with Crippen molar-refractivity contribution >= 4 is 12.2 Å². The summed E-state index contributed by atoms with van der Waals surface area (Å²) in [5.74, 6) is 0.671. The Morgan fingerprint density at radius 1 is 1.35 bits per heavy atom. The van der Waals surface area contributed by atoms with Crippen LogP contribution in [0.1, 0.15) is 5.56 Å². The minimum atomic E-state index is -0.0752. The predicted octanol–water partition coefficient (Wildman–Crippen LogP) is 0.319. The molecule has 0 aromatic heterocycles. The smallest absolute Gasteiger partial charge is 0.211 e. The second kappa shape index (κ2) is 7.24. The number of guanidine groups is 1. The quantitative estimate of drug-likeness (QED) is 0.322. The van der Waals surface area contributed by atoms with Crippen LogP contribution in [0.2, 0.25) is 0 Å². The van der Waals surface area contributed by atoms with Crippen LogP contribution in [0.3, 0.4) is 0 Å². The molecule has 0 saturated carbocycles. The maximum Gasteiger partial charge on any atom is 0.211 e. The first kappa shape index (κ1) is 13.0. The Bertz CT molecular complexity index is 400. The van der Waals surface area contributed by atoms with Gasteiger partial charge in [0.05, 0.1) is 12.8 Å². The molecule has 0 aliphatic heterocycles. The molecule has 17 heavy (non-hydrogen) atoms. The van der Waals surface area contributed by atoms with E-state index in [9.17, 15) is 0 Å². The number of benzene rings is 1. The van der Waals surface area contributed by atoms with Gasteiger partial charge in [-0.3, -0.25) is 0 Å². The molecule has 0 heterocycles. The lowest BCUT2D eigenvalue weighted by Crippen LogP contribution is -2.21. The number of hydrogen-bond acceptors (Lipinski definition) is 4. The molecular formula is C11H16N4O2. The Labute approximate surface area is 99.9 Å². The van der Waals surface area contributed by atoms with E-state index in [1.54, 1.807) is 13.3 Å². The van der Waals surface area contributed by atoms with Crippen molar-refractivity contribution in [3.05, 3.63) is 29.8 Å². The first-order valence-corrected chi connectivity index (χ1v) is 5.06. The van der Waals surface area contributed by atoms with Crippen LogP contribution in [0.4, 0.5) is 0 Å². The summed E-state index contributed by atoms with van der Waals surface area (Å²) in [4.78, 5) is 0. The number of nitrogens with zero attached hydrogens (tertiary/aromatic N) is 2. The fourth-order valence-electron chi connectivity index (χ4n) is 1.09. The first-order chi connectivity index (χ1) is 8.22. The molecule has 0 unspecified atom stereocenters. The normalized spacial score (nSPS) is 10.4. The van der Waals surface area contributed by atoms with Crippen LogP contribution in [0.25, 0.3) is 0 Å². The average molecular weight is 236 g/mol. The summed E-state index contributed by atoms with van der Waals surface area (Å²) in [6.45, 7) is 1.05. The summed E-state index contributed by atoms with van der Waals surface area (Å²) in [5.41, 5.74) is 11.1. The molecule has 6 heteroatoms. The zero-order chi connectivity index (χ0) is 12.5. The van der Waals surface area contributed by atoms with E-state index in [1.165, 1.54) is 0 Å². The standard InChI is InChI=1S/C11H16N4O2/c1-16-5-6-17-10-4-2-3-9(7-10)8-14-15-11(12)13/h2-4,7-8H,5-6H2,1H3,(H4,12,13,15). The van der Waals surface area contributed by atoms with Crippen molar-refractivity contribution in [2.75, 3.05) is 20.3 Å². The van der Waals surface area contributed by atoms with Crippen molar-refractivity contribution in [3.63, 3.8) is 0 Å². The molecule has 1 aromatic rings. The summed E-state index contributed by atoms with van der Waals surface area (Å²) in [6.07, 6.45) is 1.54. The number of nitrogens with two attached hydrogens (primary N) is 2. The van der Waals surface area contributed by atoms with E-state index in [0.29, 0.717) is 13.2 Å². The monoisotopic (exact) mass is 236 g/mol. The lowest BCUT2D eigenvalue weighted by Gasteiger charge is -2.05. The fraction of sp³-hybridized carbons (Fsp3) is 0.273. The molecule has 1 rings (SSSR count).